The van der Waals surface area contributed by atoms with Crippen LogP contribution in [0.3, 0.4) is 0 Å². The molecule has 0 bridgehead atoms. The minimum atomic E-state index is -0.555. The van der Waals surface area contributed by atoms with Crippen molar-refractivity contribution in [1.82, 2.24) is 5.43 Å². The lowest BCUT2D eigenvalue weighted by Gasteiger charge is -2.67. The molecule has 19 heavy (non-hydrogen) atoms. The number of carbonyl (C=O) groups excluding carboxylic acids is 1. The van der Waals surface area contributed by atoms with Crippen molar-refractivity contribution < 1.29 is 4.79 Å². The maximum atomic E-state index is 10.9. The van der Waals surface area contributed by atoms with Crippen LogP contribution in [0.15, 0.2) is 5.10 Å². The Morgan fingerprint density at radius 3 is 2.79 bits per heavy atom. The number of primary amides is 1. The van der Waals surface area contributed by atoms with E-state index in [1.807, 2.05) is 0 Å². The van der Waals surface area contributed by atoms with Gasteiger partial charge in [0.25, 0.3) is 0 Å². The molecular formula is C15H25N3O. The molecule has 0 saturated heterocycles. The van der Waals surface area contributed by atoms with Crippen LogP contribution in [0.2, 0.25) is 0 Å². The van der Waals surface area contributed by atoms with Crippen LogP contribution in [0.5, 0.6) is 0 Å². The van der Waals surface area contributed by atoms with Gasteiger partial charge >= 0.3 is 6.03 Å². The summed E-state index contributed by atoms with van der Waals surface area (Å²) in [6, 6.07) is -0.555. The summed E-state index contributed by atoms with van der Waals surface area (Å²) in [6.07, 6.45) is 5.00. The van der Waals surface area contributed by atoms with Crippen LogP contribution in [0.1, 0.15) is 46.5 Å². The number of hydrazone groups is 1. The van der Waals surface area contributed by atoms with Gasteiger partial charge in [0.1, 0.15) is 0 Å². The fraction of sp³-hybridized carbons (Fsp3) is 0.867. The fourth-order valence-electron chi connectivity index (χ4n) is 5.33. The molecule has 4 heteroatoms. The van der Waals surface area contributed by atoms with Crippen molar-refractivity contribution >= 4 is 11.7 Å². The van der Waals surface area contributed by atoms with Crippen molar-refractivity contribution in [3.8, 4) is 0 Å². The van der Waals surface area contributed by atoms with E-state index in [0.717, 1.165) is 30.1 Å². The van der Waals surface area contributed by atoms with Crippen LogP contribution in [-0.2, 0) is 0 Å². The van der Waals surface area contributed by atoms with Gasteiger partial charge < -0.3 is 5.73 Å². The van der Waals surface area contributed by atoms with Gasteiger partial charge in [-0.1, -0.05) is 27.2 Å². The number of hydrogen-bond acceptors (Lipinski definition) is 2. The van der Waals surface area contributed by atoms with Gasteiger partial charge in [0.15, 0.2) is 0 Å². The zero-order valence-electron chi connectivity index (χ0n) is 12.1. The molecule has 106 valence electrons. The summed E-state index contributed by atoms with van der Waals surface area (Å²) < 4.78 is 0. The standard InChI is InChI=1S/C15H25N3O/c1-8-4-6-10-12-9(8)5-7-11(17-18-14(16)19)13(12)15(10,2)3/h8-10,12-13H,4-7H2,1-3H3,(H3,16,18,19). The van der Waals surface area contributed by atoms with Gasteiger partial charge in [0, 0.05) is 11.6 Å². The molecule has 3 aliphatic rings. The molecule has 4 nitrogen and oxygen atoms in total. The number of carbonyl (C=O) groups is 1. The minimum Gasteiger partial charge on any atom is -0.350 e. The van der Waals surface area contributed by atoms with E-state index in [9.17, 15) is 4.79 Å². The molecule has 0 aliphatic heterocycles. The molecule has 0 aromatic carbocycles. The van der Waals surface area contributed by atoms with Crippen molar-refractivity contribution in [2.45, 2.75) is 46.5 Å². The Balaban J connectivity index is 1.86. The normalized spacial score (nSPS) is 45.2. The molecular weight excluding hydrogens is 238 g/mol. The highest BCUT2D eigenvalue weighted by Gasteiger charge is 2.63. The summed E-state index contributed by atoms with van der Waals surface area (Å²) in [6.45, 7) is 7.15. The van der Waals surface area contributed by atoms with Crippen molar-refractivity contribution in [3.63, 3.8) is 0 Å². The summed E-state index contributed by atoms with van der Waals surface area (Å²) in [4.78, 5) is 10.9. The molecule has 5 atom stereocenters. The molecule has 3 aliphatic carbocycles. The van der Waals surface area contributed by atoms with E-state index in [1.165, 1.54) is 25.0 Å². The molecule has 0 radical (unpaired) electrons. The first kappa shape index (κ1) is 12.9. The average molecular weight is 263 g/mol. The smallest absolute Gasteiger partial charge is 0.332 e. The lowest BCUT2D eigenvalue weighted by Crippen LogP contribution is -2.64. The Labute approximate surface area is 115 Å². The number of nitrogens with one attached hydrogen (secondary N) is 1. The average Bonchev–Trinajstić information content (AvgIpc) is 2.35. The van der Waals surface area contributed by atoms with Gasteiger partial charge in [-0.3, -0.25) is 0 Å². The number of nitrogens with two attached hydrogens (primary N) is 1. The maximum Gasteiger partial charge on any atom is 0.332 e. The Bertz CT molecular complexity index is 427. The van der Waals surface area contributed by atoms with Gasteiger partial charge in [-0.05, 0) is 48.3 Å². The first-order valence-corrected chi connectivity index (χ1v) is 7.55. The number of urea groups is 1. The predicted octanol–water partition coefficient (Wildman–Crippen LogP) is 2.74. The van der Waals surface area contributed by atoms with E-state index in [0.29, 0.717) is 11.3 Å². The van der Waals surface area contributed by atoms with Crippen molar-refractivity contribution in [3.05, 3.63) is 0 Å². The van der Waals surface area contributed by atoms with Crippen LogP contribution < -0.4 is 11.2 Å². The molecule has 0 aromatic rings. The second-order valence-corrected chi connectivity index (χ2v) is 7.32. The first-order chi connectivity index (χ1) is 8.93. The van der Waals surface area contributed by atoms with Crippen LogP contribution in [0, 0.1) is 35.0 Å². The van der Waals surface area contributed by atoms with E-state index in [1.54, 1.807) is 0 Å². The molecule has 0 heterocycles. The highest BCUT2D eigenvalue weighted by Crippen LogP contribution is 2.67. The van der Waals surface area contributed by atoms with Crippen LogP contribution >= 0.6 is 0 Å². The molecule has 3 rings (SSSR count). The number of amides is 2. The highest BCUT2D eigenvalue weighted by molar-refractivity contribution is 5.90. The number of hydrogen-bond donors (Lipinski definition) is 2. The quantitative estimate of drug-likeness (QED) is 0.702. The van der Waals surface area contributed by atoms with Crippen molar-refractivity contribution in [2.75, 3.05) is 0 Å². The molecule has 0 spiro atoms. The van der Waals surface area contributed by atoms with Gasteiger partial charge in [0.05, 0.1) is 0 Å². The molecule has 2 amide bonds. The van der Waals surface area contributed by atoms with E-state index in [2.05, 4.69) is 31.3 Å². The molecule has 0 aromatic heterocycles. The Morgan fingerprint density at radius 2 is 2.11 bits per heavy atom. The Morgan fingerprint density at radius 1 is 1.37 bits per heavy atom. The van der Waals surface area contributed by atoms with Crippen molar-refractivity contribution in [1.29, 1.82) is 0 Å². The van der Waals surface area contributed by atoms with E-state index >= 15 is 0 Å². The fourth-order valence-corrected chi connectivity index (χ4v) is 5.33. The van der Waals surface area contributed by atoms with Gasteiger partial charge in [-0.25, -0.2) is 10.2 Å². The van der Waals surface area contributed by atoms with Crippen molar-refractivity contribution in [2.24, 2.45) is 45.8 Å². The zero-order chi connectivity index (χ0) is 13.8. The highest BCUT2D eigenvalue weighted by atomic mass is 16.2. The lowest BCUT2D eigenvalue weighted by atomic mass is 9.37. The van der Waals surface area contributed by atoms with Gasteiger partial charge in [0.2, 0.25) is 0 Å². The second-order valence-electron chi connectivity index (χ2n) is 7.32. The Hall–Kier alpha value is -1.06. The first-order valence-electron chi connectivity index (χ1n) is 7.55. The molecule has 3 saturated carbocycles. The summed E-state index contributed by atoms with van der Waals surface area (Å²) in [5, 5.41) is 4.31. The van der Waals surface area contributed by atoms with Crippen LogP contribution in [-0.4, -0.2) is 11.7 Å². The van der Waals surface area contributed by atoms with E-state index < -0.39 is 6.03 Å². The van der Waals surface area contributed by atoms with Crippen LogP contribution in [0.25, 0.3) is 0 Å². The zero-order valence-corrected chi connectivity index (χ0v) is 12.1. The third kappa shape index (κ3) is 1.79. The molecule has 3 fully saturated rings. The summed E-state index contributed by atoms with van der Waals surface area (Å²) >= 11 is 0. The third-order valence-corrected chi connectivity index (χ3v) is 6.17. The second kappa shape index (κ2) is 4.22. The predicted molar refractivity (Wildman–Crippen MR) is 75.5 cm³/mol. The van der Waals surface area contributed by atoms with Gasteiger partial charge in [-0.15, -0.1) is 0 Å². The summed E-state index contributed by atoms with van der Waals surface area (Å²) in [7, 11) is 0. The SMILES string of the molecule is CC1CCC2C3C1CCC(=NNC(N)=O)C3C2(C)C. The van der Waals surface area contributed by atoms with E-state index in [-0.39, 0.29) is 0 Å². The summed E-state index contributed by atoms with van der Waals surface area (Å²) in [5.41, 5.74) is 9.09. The number of nitrogens with zero attached hydrogens (tertiary/aromatic N) is 1. The van der Waals surface area contributed by atoms with Crippen LogP contribution in [0.4, 0.5) is 4.79 Å². The van der Waals surface area contributed by atoms with E-state index in [4.69, 9.17) is 5.73 Å². The largest absolute Gasteiger partial charge is 0.350 e. The molecule has 5 unspecified atom stereocenters. The maximum absolute atomic E-state index is 10.9. The summed E-state index contributed by atoms with van der Waals surface area (Å²) in [5.74, 6) is 3.90. The number of rotatable bonds is 1. The minimum absolute atomic E-state index is 0.335. The Kier molecular flexibility index (Phi) is 2.88. The molecule has 3 N–H and O–H groups in total. The monoisotopic (exact) mass is 263 g/mol. The third-order valence-electron chi connectivity index (χ3n) is 6.17. The lowest BCUT2D eigenvalue weighted by molar-refractivity contribution is -0.141. The van der Waals surface area contributed by atoms with Gasteiger partial charge in [-0.2, -0.15) is 5.10 Å². The topological polar surface area (TPSA) is 67.5 Å².